The zero-order valence-electron chi connectivity index (χ0n) is 21.7. The van der Waals surface area contributed by atoms with Crippen LogP contribution >= 0.6 is 0 Å². The fraction of sp³-hybridized carbons (Fsp3) is 0.615. The quantitative estimate of drug-likeness (QED) is 0.514. The van der Waals surface area contributed by atoms with Gasteiger partial charge in [-0.05, 0) is 69.5 Å². The summed E-state index contributed by atoms with van der Waals surface area (Å²) in [5.74, 6) is -0.286. The maximum atomic E-state index is 13.6. The molecule has 2 aliphatic rings. The number of alkyl halides is 3. The number of amides is 1. The molecule has 2 heterocycles. The van der Waals surface area contributed by atoms with Crippen LogP contribution in [0.5, 0.6) is 0 Å². The summed E-state index contributed by atoms with van der Waals surface area (Å²) in [5, 5.41) is 6.28. The molecule has 2 fully saturated rings. The average Bonchev–Trinajstić information content (AvgIpc) is 3.22. The Morgan fingerprint density at radius 1 is 1.08 bits per heavy atom. The highest BCUT2D eigenvalue weighted by atomic mass is 19.4. The van der Waals surface area contributed by atoms with Crippen molar-refractivity contribution in [2.45, 2.75) is 96.4 Å². The van der Waals surface area contributed by atoms with E-state index in [1.807, 2.05) is 45.9 Å². The number of benzene rings is 1. The first kappa shape index (κ1) is 26.7. The van der Waals surface area contributed by atoms with Crippen LogP contribution in [-0.2, 0) is 32.4 Å². The minimum atomic E-state index is -4.42. The largest absolute Gasteiger partial charge is 0.494 e. The summed E-state index contributed by atoms with van der Waals surface area (Å²) in [6, 6.07) is 7.00. The fourth-order valence-corrected chi connectivity index (χ4v) is 4.69. The maximum Gasteiger partial charge on any atom is 0.494 e. The van der Waals surface area contributed by atoms with Gasteiger partial charge in [-0.15, -0.1) is 0 Å². The molecule has 0 unspecified atom stereocenters. The van der Waals surface area contributed by atoms with Crippen molar-refractivity contribution in [2.24, 2.45) is 5.92 Å². The molecule has 1 N–H and O–H groups in total. The Morgan fingerprint density at radius 3 is 2.25 bits per heavy atom. The van der Waals surface area contributed by atoms with Gasteiger partial charge in [0.05, 0.1) is 17.6 Å². The third-order valence-electron chi connectivity index (χ3n) is 7.73. The number of anilines is 1. The van der Waals surface area contributed by atoms with Crippen molar-refractivity contribution in [2.75, 3.05) is 5.32 Å². The van der Waals surface area contributed by atoms with Crippen LogP contribution in [0.2, 0.25) is 0 Å². The number of rotatable bonds is 7. The summed E-state index contributed by atoms with van der Waals surface area (Å²) >= 11 is 0. The van der Waals surface area contributed by atoms with Gasteiger partial charge in [-0.2, -0.15) is 13.2 Å². The Bertz CT molecular complexity index is 1110. The predicted molar refractivity (Wildman–Crippen MR) is 131 cm³/mol. The molecule has 4 rings (SSSR count). The monoisotopic (exact) mass is 506 g/mol. The number of nitrogens with one attached hydrogen (secondary N) is 1. The second kappa shape index (κ2) is 9.21. The minimum Gasteiger partial charge on any atom is -0.399 e. The van der Waals surface area contributed by atoms with Gasteiger partial charge in [-0.1, -0.05) is 43.6 Å². The van der Waals surface area contributed by atoms with Crippen molar-refractivity contribution in [3.8, 4) is 0 Å². The molecular weight excluding hydrogens is 472 g/mol. The zero-order valence-corrected chi connectivity index (χ0v) is 21.7. The van der Waals surface area contributed by atoms with Crippen molar-refractivity contribution in [3.63, 3.8) is 0 Å². The third kappa shape index (κ3) is 4.94. The van der Waals surface area contributed by atoms with Gasteiger partial charge in [0.15, 0.2) is 11.6 Å². The second-order valence-corrected chi connectivity index (χ2v) is 11.4. The van der Waals surface area contributed by atoms with E-state index in [-0.39, 0.29) is 36.7 Å². The maximum absolute atomic E-state index is 13.6. The van der Waals surface area contributed by atoms with E-state index in [1.165, 1.54) is 6.07 Å². The lowest BCUT2D eigenvalue weighted by atomic mass is 9.66. The van der Waals surface area contributed by atoms with Gasteiger partial charge in [0.1, 0.15) is 5.41 Å². The van der Waals surface area contributed by atoms with Gasteiger partial charge >= 0.3 is 13.3 Å². The molecule has 1 amide bonds. The Kier molecular flexibility index (Phi) is 6.84. The SMILES string of the molecule is CC(C)Cc1cc(B2OC(C)(C)C(C)(C)O2)ccc1CC(=O)Nc1cc(C2(C(F)(F)F)CCC2)on1. The first-order chi connectivity index (χ1) is 16.6. The number of carbonyl (C=O) groups excluding carboxylic acids is 1. The smallest absolute Gasteiger partial charge is 0.399 e. The third-order valence-corrected chi connectivity index (χ3v) is 7.73. The van der Waals surface area contributed by atoms with E-state index < -0.39 is 29.9 Å². The van der Waals surface area contributed by atoms with Crippen LogP contribution in [0.4, 0.5) is 19.0 Å². The summed E-state index contributed by atoms with van der Waals surface area (Å²) in [5.41, 5.74) is -0.219. The lowest BCUT2D eigenvalue weighted by molar-refractivity contribution is -0.218. The van der Waals surface area contributed by atoms with Gasteiger partial charge in [0.25, 0.3) is 0 Å². The van der Waals surface area contributed by atoms with Crippen LogP contribution in [0, 0.1) is 5.92 Å². The Hall–Kier alpha value is -2.33. The normalized spacial score (nSPS) is 20.4. The first-order valence-corrected chi connectivity index (χ1v) is 12.4. The minimum absolute atomic E-state index is 0.00947. The second-order valence-electron chi connectivity index (χ2n) is 11.4. The molecule has 10 heteroatoms. The summed E-state index contributed by atoms with van der Waals surface area (Å²) in [6.07, 6.45) is -3.21. The highest BCUT2D eigenvalue weighted by Gasteiger charge is 2.62. The molecule has 196 valence electrons. The Morgan fingerprint density at radius 2 is 1.72 bits per heavy atom. The topological polar surface area (TPSA) is 73.6 Å². The van der Waals surface area contributed by atoms with Crippen molar-refractivity contribution in [3.05, 3.63) is 41.2 Å². The van der Waals surface area contributed by atoms with E-state index in [0.717, 1.165) is 23.0 Å². The summed E-state index contributed by atoms with van der Waals surface area (Å²) in [4.78, 5) is 12.8. The van der Waals surface area contributed by atoms with Crippen molar-refractivity contribution < 1.29 is 31.8 Å². The number of halogens is 3. The molecule has 1 aliphatic heterocycles. The molecule has 0 radical (unpaired) electrons. The van der Waals surface area contributed by atoms with Crippen LogP contribution in [-0.4, -0.2) is 35.6 Å². The molecule has 0 atom stereocenters. The molecule has 0 spiro atoms. The van der Waals surface area contributed by atoms with Crippen LogP contribution in [0.1, 0.15) is 77.7 Å². The standard InChI is InChI=1S/C26H34BF3N2O4/c1-16(2)12-18-13-19(27-35-23(3,4)24(5,6)36-27)9-8-17(18)14-22(33)31-21-15-20(34-32-21)25(10-7-11-25)26(28,29)30/h8-9,13,15-16H,7,10-12,14H2,1-6H3,(H,31,32,33). The Labute approximate surface area is 210 Å². The number of hydrogen-bond donors (Lipinski definition) is 1. The van der Waals surface area contributed by atoms with Crippen molar-refractivity contribution in [1.82, 2.24) is 5.16 Å². The van der Waals surface area contributed by atoms with Crippen molar-refractivity contribution in [1.29, 1.82) is 0 Å². The molecule has 0 bridgehead atoms. The molecule has 1 saturated carbocycles. The average molecular weight is 506 g/mol. The van der Waals surface area contributed by atoms with E-state index in [2.05, 4.69) is 24.3 Å². The fourth-order valence-electron chi connectivity index (χ4n) is 4.69. The predicted octanol–water partition coefficient (Wildman–Crippen LogP) is 5.34. The molecule has 36 heavy (non-hydrogen) atoms. The number of nitrogens with zero attached hydrogens (tertiary/aromatic N) is 1. The number of aromatic nitrogens is 1. The molecule has 1 aromatic carbocycles. The molecular formula is C26H34BF3N2O4. The first-order valence-electron chi connectivity index (χ1n) is 12.4. The van der Waals surface area contributed by atoms with Gasteiger partial charge in [-0.25, -0.2) is 0 Å². The molecule has 1 aliphatic carbocycles. The zero-order chi connectivity index (χ0) is 26.5. The lowest BCUT2D eigenvalue weighted by Crippen LogP contribution is -2.47. The molecule has 6 nitrogen and oxygen atoms in total. The summed E-state index contributed by atoms with van der Waals surface area (Å²) in [6.45, 7) is 12.2. The van der Waals surface area contributed by atoms with E-state index in [9.17, 15) is 18.0 Å². The number of carbonyl (C=O) groups is 1. The van der Waals surface area contributed by atoms with Crippen LogP contribution in [0.3, 0.4) is 0 Å². The number of hydrogen-bond acceptors (Lipinski definition) is 5. The summed E-state index contributed by atoms with van der Waals surface area (Å²) < 4.78 is 58.1. The van der Waals surface area contributed by atoms with Gasteiger partial charge < -0.3 is 19.1 Å². The lowest BCUT2D eigenvalue weighted by Gasteiger charge is -2.40. The summed E-state index contributed by atoms with van der Waals surface area (Å²) in [7, 11) is -0.509. The van der Waals surface area contributed by atoms with Gasteiger partial charge in [-0.3, -0.25) is 4.79 Å². The van der Waals surface area contributed by atoms with E-state index >= 15 is 0 Å². The Balaban J connectivity index is 1.49. The molecule has 1 saturated heterocycles. The van der Waals surface area contributed by atoms with Gasteiger partial charge in [0, 0.05) is 6.07 Å². The van der Waals surface area contributed by atoms with Crippen molar-refractivity contribution >= 4 is 24.3 Å². The highest BCUT2D eigenvalue weighted by molar-refractivity contribution is 6.62. The highest BCUT2D eigenvalue weighted by Crippen LogP contribution is 2.54. The van der Waals surface area contributed by atoms with Crippen LogP contribution in [0.25, 0.3) is 0 Å². The van der Waals surface area contributed by atoms with E-state index in [1.54, 1.807) is 0 Å². The van der Waals surface area contributed by atoms with Gasteiger partial charge in [0.2, 0.25) is 5.91 Å². The molecule has 2 aromatic rings. The van der Waals surface area contributed by atoms with Crippen LogP contribution in [0.15, 0.2) is 28.8 Å². The van der Waals surface area contributed by atoms with E-state index in [0.29, 0.717) is 12.3 Å². The van der Waals surface area contributed by atoms with Crippen LogP contribution < -0.4 is 10.8 Å². The van der Waals surface area contributed by atoms with E-state index in [4.69, 9.17) is 13.8 Å². The molecule has 1 aromatic heterocycles.